The largest absolute Gasteiger partial charge is 0.486 e. The van der Waals surface area contributed by atoms with E-state index >= 15 is 0 Å². The van der Waals surface area contributed by atoms with Gasteiger partial charge in [-0.15, -0.1) is 0 Å². The highest BCUT2D eigenvalue weighted by Crippen LogP contribution is 2.33. The molecule has 0 unspecified atom stereocenters. The fourth-order valence-electron chi connectivity index (χ4n) is 2.69. The molecule has 2 amide bonds. The minimum atomic E-state index is -0.233. The normalized spacial score (nSPS) is 14.9. The van der Waals surface area contributed by atoms with Gasteiger partial charge in [0.2, 0.25) is 5.91 Å². The molecule has 23 heavy (non-hydrogen) atoms. The maximum Gasteiger partial charge on any atom is 0.255 e. The Morgan fingerprint density at radius 1 is 1.04 bits per heavy atom. The molecule has 0 aromatic heterocycles. The molecule has 0 radical (unpaired) electrons. The molecule has 0 aliphatic carbocycles. The van der Waals surface area contributed by atoms with Crippen LogP contribution in [0.25, 0.3) is 0 Å². The van der Waals surface area contributed by atoms with Crippen LogP contribution >= 0.6 is 0 Å². The van der Waals surface area contributed by atoms with Gasteiger partial charge in [-0.25, -0.2) is 0 Å². The zero-order valence-corrected chi connectivity index (χ0v) is 12.2. The second-order valence-electron chi connectivity index (χ2n) is 5.41. The summed E-state index contributed by atoms with van der Waals surface area (Å²) < 4.78 is 11.0. The van der Waals surface area contributed by atoms with Crippen LogP contribution in [0, 0.1) is 0 Å². The summed E-state index contributed by atoms with van der Waals surface area (Å²) >= 11 is 0. The summed E-state index contributed by atoms with van der Waals surface area (Å²) in [6, 6.07) is 10.5. The van der Waals surface area contributed by atoms with Crippen molar-refractivity contribution in [3.05, 3.63) is 47.5 Å². The highest BCUT2D eigenvalue weighted by atomic mass is 16.6. The summed E-state index contributed by atoms with van der Waals surface area (Å²) in [6.45, 7) is 1.02. The van der Waals surface area contributed by atoms with Crippen LogP contribution in [-0.4, -0.2) is 25.0 Å². The van der Waals surface area contributed by atoms with Gasteiger partial charge >= 0.3 is 0 Å². The number of nitrogens with one attached hydrogen (secondary N) is 2. The van der Waals surface area contributed by atoms with Crippen LogP contribution in [0.1, 0.15) is 15.9 Å². The minimum absolute atomic E-state index is 0.0515. The van der Waals surface area contributed by atoms with Crippen LogP contribution < -0.4 is 20.1 Å². The van der Waals surface area contributed by atoms with Gasteiger partial charge in [0.25, 0.3) is 5.91 Å². The number of fused-ring (bicyclic) bond motifs is 2. The quantitative estimate of drug-likeness (QED) is 0.891. The summed E-state index contributed by atoms with van der Waals surface area (Å²) in [7, 11) is 0. The van der Waals surface area contributed by atoms with Crippen molar-refractivity contribution in [2.24, 2.45) is 0 Å². The number of rotatable bonds is 2. The Morgan fingerprint density at radius 2 is 1.87 bits per heavy atom. The summed E-state index contributed by atoms with van der Waals surface area (Å²) in [5, 5.41) is 5.58. The Labute approximate surface area is 132 Å². The van der Waals surface area contributed by atoms with E-state index in [2.05, 4.69) is 10.6 Å². The molecule has 0 saturated heterocycles. The number of carbonyl (C=O) groups excluding carboxylic acids is 2. The first-order valence-electron chi connectivity index (χ1n) is 7.33. The van der Waals surface area contributed by atoms with Crippen molar-refractivity contribution in [3.8, 4) is 11.5 Å². The molecule has 2 aliphatic heterocycles. The third-order valence-electron chi connectivity index (χ3n) is 3.79. The average Bonchev–Trinajstić information content (AvgIpc) is 2.93. The highest BCUT2D eigenvalue weighted by molar-refractivity contribution is 6.06. The van der Waals surface area contributed by atoms with Crippen molar-refractivity contribution >= 4 is 23.2 Å². The molecule has 0 saturated carbocycles. The van der Waals surface area contributed by atoms with Crippen molar-refractivity contribution in [3.63, 3.8) is 0 Å². The first-order chi connectivity index (χ1) is 11.2. The predicted octanol–water partition coefficient (Wildman–Crippen LogP) is 2.20. The first-order valence-corrected chi connectivity index (χ1v) is 7.33. The Hall–Kier alpha value is -3.02. The SMILES string of the molecule is O=C1Cc2cc(C(=O)Nc3ccc4c(c3)OCCO4)ccc2N1. The van der Waals surface area contributed by atoms with Crippen LogP contribution in [0.5, 0.6) is 11.5 Å². The van der Waals surface area contributed by atoms with Crippen molar-refractivity contribution < 1.29 is 19.1 Å². The standard InChI is InChI=1S/C17H14N2O4/c20-16-8-11-7-10(1-3-13(11)19-16)17(21)18-12-2-4-14-15(9-12)23-6-5-22-14/h1-4,7,9H,5-6,8H2,(H,18,21)(H,19,20). The number of carbonyl (C=O) groups is 2. The van der Waals surface area contributed by atoms with Crippen molar-refractivity contribution in [1.29, 1.82) is 0 Å². The smallest absolute Gasteiger partial charge is 0.255 e. The van der Waals surface area contributed by atoms with E-state index in [9.17, 15) is 9.59 Å². The van der Waals surface area contributed by atoms with E-state index in [4.69, 9.17) is 9.47 Å². The van der Waals surface area contributed by atoms with E-state index in [1.807, 2.05) is 0 Å². The summed E-state index contributed by atoms with van der Waals surface area (Å²) in [6.07, 6.45) is 0.306. The predicted molar refractivity (Wildman–Crippen MR) is 84.2 cm³/mol. The van der Waals surface area contributed by atoms with E-state index in [0.717, 1.165) is 11.3 Å². The van der Waals surface area contributed by atoms with Gasteiger partial charge in [0, 0.05) is 23.0 Å². The van der Waals surface area contributed by atoms with Gasteiger partial charge in [0.1, 0.15) is 13.2 Å². The zero-order chi connectivity index (χ0) is 15.8. The van der Waals surface area contributed by atoms with Crippen molar-refractivity contribution in [1.82, 2.24) is 0 Å². The number of benzene rings is 2. The van der Waals surface area contributed by atoms with Crippen LogP contribution in [0.15, 0.2) is 36.4 Å². The fraction of sp³-hybridized carbons (Fsp3) is 0.176. The van der Waals surface area contributed by atoms with E-state index < -0.39 is 0 Å². The first kappa shape index (κ1) is 13.6. The zero-order valence-electron chi connectivity index (χ0n) is 12.2. The minimum Gasteiger partial charge on any atom is -0.486 e. The molecule has 2 aromatic carbocycles. The lowest BCUT2D eigenvalue weighted by Crippen LogP contribution is -2.16. The average molecular weight is 310 g/mol. The van der Waals surface area contributed by atoms with E-state index in [1.54, 1.807) is 36.4 Å². The highest BCUT2D eigenvalue weighted by Gasteiger charge is 2.19. The maximum atomic E-state index is 12.4. The van der Waals surface area contributed by atoms with Crippen LogP contribution in [-0.2, 0) is 11.2 Å². The van der Waals surface area contributed by atoms with Crippen LogP contribution in [0.3, 0.4) is 0 Å². The topological polar surface area (TPSA) is 76.7 Å². The second kappa shape index (κ2) is 5.31. The molecule has 6 nitrogen and oxygen atoms in total. The maximum absolute atomic E-state index is 12.4. The molecule has 2 aromatic rings. The molecule has 0 fully saturated rings. The third-order valence-corrected chi connectivity index (χ3v) is 3.79. The molecule has 4 rings (SSSR count). The fourth-order valence-corrected chi connectivity index (χ4v) is 2.69. The molecule has 6 heteroatoms. The summed E-state index contributed by atoms with van der Waals surface area (Å²) in [5.74, 6) is 1.02. The summed E-state index contributed by atoms with van der Waals surface area (Å²) in [4.78, 5) is 23.7. The third kappa shape index (κ3) is 2.59. The molecule has 2 aliphatic rings. The number of anilines is 2. The Morgan fingerprint density at radius 3 is 2.74 bits per heavy atom. The van der Waals surface area contributed by atoms with Gasteiger partial charge in [0.15, 0.2) is 11.5 Å². The second-order valence-corrected chi connectivity index (χ2v) is 5.41. The van der Waals surface area contributed by atoms with Gasteiger partial charge in [-0.2, -0.15) is 0 Å². The van der Waals surface area contributed by atoms with Crippen molar-refractivity contribution in [2.75, 3.05) is 23.8 Å². The Bertz CT molecular complexity index is 816. The summed E-state index contributed by atoms with van der Waals surface area (Å²) in [5.41, 5.74) is 2.75. The monoisotopic (exact) mass is 310 g/mol. The van der Waals surface area contributed by atoms with Gasteiger partial charge in [-0.1, -0.05) is 0 Å². The van der Waals surface area contributed by atoms with Crippen molar-refractivity contribution in [2.45, 2.75) is 6.42 Å². The number of hydrogen-bond acceptors (Lipinski definition) is 4. The van der Waals surface area contributed by atoms with Gasteiger partial charge in [0.05, 0.1) is 6.42 Å². The Balaban J connectivity index is 1.54. The van der Waals surface area contributed by atoms with Crippen LogP contribution in [0.4, 0.5) is 11.4 Å². The molecule has 2 N–H and O–H groups in total. The molecular formula is C17H14N2O4. The van der Waals surface area contributed by atoms with Gasteiger partial charge in [-0.3, -0.25) is 9.59 Å². The van der Waals surface area contributed by atoms with Crippen LogP contribution in [0.2, 0.25) is 0 Å². The van der Waals surface area contributed by atoms with Gasteiger partial charge in [-0.05, 0) is 35.9 Å². The van der Waals surface area contributed by atoms with E-state index in [0.29, 0.717) is 42.4 Å². The van der Waals surface area contributed by atoms with Gasteiger partial charge < -0.3 is 20.1 Å². The number of hydrogen-bond donors (Lipinski definition) is 2. The molecule has 2 heterocycles. The molecular weight excluding hydrogens is 296 g/mol. The molecule has 116 valence electrons. The Kier molecular flexibility index (Phi) is 3.15. The molecule has 0 spiro atoms. The van der Waals surface area contributed by atoms with E-state index in [-0.39, 0.29) is 11.8 Å². The lowest BCUT2D eigenvalue weighted by atomic mass is 10.1. The molecule has 0 atom stereocenters. The van der Waals surface area contributed by atoms with E-state index in [1.165, 1.54) is 0 Å². The number of amides is 2. The number of ether oxygens (including phenoxy) is 2. The lowest BCUT2D eigenvalue weighted by Gasteiger charge is -2.19. The molecule has 0 bridgehead atoms. The lowest BCUT2D eigenvalue weighted by molar-refractivity contribution is -0.115.